The van der Waals surface area contributed by atoms with Gasteiger partial charge in [-0.05, 0) is 43.9 Å². The number of benzene rings is 1. The van der Waals surface area contributed by atoms with E-state index < -0.39 is 0 Å². The minimum Gasteiger partial charge on any atom is -0.268 e. The lowest BCUT2D eigenvalue weighted by Gasteiger charge is -2.06. The predicted octanol–water partition coefficient (Wildman–Crippen LogP) is 3.24. The summed E-state index contributed by atoms with van der Waals surface area (Å²) in [6, 6.07) is 7.97. The van der Waals surface area contributed by atoms with Crippen LogP contribution in [-0.4, -0.2) is 9.55 Å². The van der Waals surface area contributed by atoms with Gasteiger partial charge in [-0.1, -0.05) is 17.7 Å². The van der Waals surface area contributed by atoms with Crippen molar-refractivity contribution < 1.29 is 0 Å². The van der Waals surface area contributed by atoms with E-state index in [-0.39, 0.29) is 5.56 Å². The van der Waals surface area contributed by atoms with Crippen LogP contribution in [0.5, 0.6) is 0 Å². The molecule has 2 heterocycles. The molecule has 0 radical (unpaired) electrons. The third kappa shape index (κ3) is 1.64. The Kier molecular flexibility index (Phi) is 2.54. The first-order chi connectivity index (χ1) is 9.74. The van der Waals surface area contributed by atoms with Crippen molar-refractivity contribution in [2.75, 3.05) is 0 Å². The molecule has 100 valence electrons. The largest absolute Gasteiger partial charge is 0.268 e. The minimum atomic E-state index is 0.0678. The van der Waals surface area contributed by atoms with E-state index in [2.05, 4.69) is 4.98 Å². The summed E-state index contributed by atoms with van der Waals surface area (Å²) in [6.07, 6.45) is 4.93. The predicted molar refractivity (Wildman–Crippen MR) is 82.0 cm³/mol. The molecule has 20 heavy (non-hydrogen) atoms. The number of hydrogen-bond acceptors (Lipinski definition) is 3. The van der Waals surface area contributed by atoms with Crippen molar-refractivity contribution in [3.05, 3.63) is 57.0 Å². The average Bonchev–Trinajstić information content (AvgIpc) is 3.00. The highest BCUT2D eigenvalue weighted by Crippen LogP contribution is 2.34. The summed E-state index contributed by atoms with van der Waals surface area (Å²) < 4.78 is 1.66. The number of aryl methyl sites for hydroxylation is 3. The van der Waals surface area contributed by atoms with Crippen molar-refractivity contribution in [1.82, 2.24) is 9.55 Å². The van der Waals surface area contributed by atoms with Gasteiger partial charge < -0.3 is 0 Å². The first kappa shape index (κ1) is 11.9. The Labute approximate surface area is 120 Å². The van der Waals surface area contributed by atoms with Gasteiger partial charge in [0.05, 0.1) is 11.1 Å². The van der Waals surface area contributed by atoms with Gasteiger partial charge >= 0.3 is 0 Å². The number of fused-ring (bicyclic) bond motifs is 3. The summed E-state index contributed by atoms with van der Waals surface area (Å²) >= 11 is 1.68. The van der Waals surface area contributed by atoms with Gasteiger partial charge in [-0.15, -0.1) is 11.3 Å². The van der Waals surface area contributed by atoms with Gasteiger partial charge in [-0.2, -0.15) is 0 Å². The Morgan fingerprint density at radius 2 is 2.00 bits per heavy atom. The third-order valence-corrected chi connectivity index (χ3v) is 5.14. The zero-order valence-electron chi connectivity index (χ0n) is 11.2. The number of rotatable bonds is 1. The Balaban J connectivity index is 2.00. The SMILES string of the molecule is Cc1ccc(-n2cnc3sc4c(c3c2=O)CCC4)cc1. The Morgan fingerprint density at radius 1 is 1.20 bits per heavy atom. The molecule has 1 aromatic carbocycles. The molecule has 0 fully saturated rings. The Hall–Kier alpha value is -1.94. The number of hydrogen-bond donors (Lipinski definition) is 0. The summed E-state index contributed by atoms with van der Waals surface area (Å²) in [6.45, 7) is 2.04. The van der Waals surface area contributed by atoms with Gasteiger partial charge in [0.25, 0.3) is 5.56 Å². The molecule has 0 aliphatic heterocycles. The van der Waals surface area contributed by atoms with Crippen LogP contribution >= 0.6 is 11.3 Å². The molecule has 0 N–H and O–H groups in total. The highest BCUT2D eigenvalue weighted by molar-refractivity contribution is 7.18. The molecule has 1 aliphatic rings. The molecule has 1 aliphatic carbocycles. The van der Waals surface area contributed by atoms with E-state index in [1.54, 1.807) is 22.2 Å². The number of nitrogens with zero attached hydrogens (tertiary/aromatic N) is 2. The maximum atomic E-state index is 12.8. The molecular weight excluding hydrogens is 268 g/mol. The number of aromatic nitrogens is 2. The van der Waals surface area contributed by atoms with E-state index in [1.807, 2.05) is 31.2 Å². The molecule has 3 aromatic rings. The minimum absolute atomic E-state index is 0.0678. The Morgan fingerprint density at radius 3 is 2.80 bits per heavy atom. The van der Waals surface area contributed by atoms with Crippen LogP contribution in [0.3, 0.4) is 0 Å². The van der Waals surface area contributed by atoms with E-state index in [0.29, 0.717) is 0 Å². The Bertz CT molecular complexity index is 859. The van der Waals surface area contributed by atoms with Gasteiger partial charge in [-0.3, -0.25) is 9.36 Å². The monoisotopic (exact) mass is 282 g/mol. The molecule has 0 spiro atoms. The van der Waals surface area contributed by atoms with E-state index in [0.717, 1.165) is 35.2 Å². The molecule has 0 atom stereocenters. The van der Waals surface area contributed by atoms with Crippen LogP contribution in [0.25, 0.3) is 15.9 Å². The summed E-state index contributed by atoms with van der Waals surface area (Å²) in [5.74, 6) is 0. The normalized spacial score (nSPS) is 13.8. The van der Waals surface area contributed by atoms with E-state index in [1.165, 1.54) is 16.0 Å². The van der Waals surface area contributed by atoms with Crippen LogP contribution in [-0.2, 0) is 12.8 Å². The van der Waals surface area contributed by atoms with Gasteiger partial charge in [0.1, 0.15) is 11.2 Å². The fraction of sp³-hybridized carbons (Fsp3) is 0.250. The molecule has 0 unspecified atom stereocenters. The fourth-order valence-corrected chi connectivity index (χ4v) is 4.09. The second kappa shape index (κ2) is 4.28. The van der Waals surface area contributed by atoms with Crippen molar-refractivity contribution in [1.29, 1.82) is 0 Å². The van der Waals surface area contributed by atoms with E-state index in [4.69, 9.17) is 0 Å². The lowest BCUT2D eigenvalue weighted by atomic mass is 10.2. The summed E-state index contributed by atoms with van der Waals surface area (Å²) in [5, 5.41) is 0.838. The zero-order valence-corrected chi connectivity index (χ0v) is 12.0. The standard InChI is InChI=1S/C16H14N2OS/c1-10-5-7-11(8-6-10)18-9-17-15-14(16(18)19)12-3-2-4-13(12)20-15/h5-9H,2-4H2,1H3. The molecule has 3 nitrogen and oxygen atoms in total. The van der Waals surface area contributed by atoms with Crippen LogP contribution in [0.2, 0.25) is 0 Å². The van der Waals surface area contributed by atoms with Crippen molar-refractivity contribution in [2.24, 2.45) is 0 Å². The molecule has 0 amide bonds. The van der Waals surface area contributed by atoms with Crippen LogP contribution in [0.15, 0.2) is 35.4 Å². The quantitative estimate of drug-likeness (QED) is 0.686. The molecule has 0 saturated heterocycles. The van der Waals surface area contributed by atoms with Crippen molar-refractivity contribution in [3.63, 3.8) is 0 Å². The van der Waals surface area contributed by atoms with Crippen LogP contribution in [0.4, 0.5) is 0 Å². The lowest BCUT2D eigenvalue weighted by molar-refractivity contribution is 0.913. The average molecular weight is 282 g/mol. The van der Waals surface area contributed by atoms with Crippen LogP contribution in [0, 0.1) is 6.92 Å². The van der Waals surface area contributed by atoms with E-state index in [9.17, 15) is 4.79 Å². The van der Waals surface area contributed by atoms with E-state index >= 15 is 0 Å². The maximum absolute atomic E-state index is 12.8. The van der Waals surface area contributed by atoms with Crippen molar-refractivity contribution >= 4 is 21.6 Å². The third-order valence-electron chi connectivity index (χ3n) is 3.94. The van der Waals surface area contributed by atoms with Gasteiger partial charge in [0.2, 0.25) is 0 Å². The number of thiophene rings is 1. The van der Waals surface area contributed by atoms with Gasteiger partial charge in [0.15, 0.2) is 0 Å². The maximum Gasteiger partial charge on any atom is 0.266 e. The van der Waals surface area contributed by atoms with Crippen LogP contribution in [0.1, 0.15) is 22.4 Å². The van der Waals surface area contributed by atoms with Gasteiger partial charge in [-0.25, -0.2) is 4.98 Å². The van der Waals surface area contributed by atoms with Crippen molar-refractivity contribution in [2.45, 2.75) is 26.2 Å². The summed E-state index contributed by atoms with van der Waals surface area (Å²) in [5.41, 5.74) is 3.38. The van der Waals surface area contributed by atoms with Crippen molar-refractivity contribution in [3.8, 4) is 5.69 Å². The molecule has 4 heteroatoms. The first-order valence-corrected chi connectivity index (χ1v) is 7.64. The fourth-order valence-electron chi connectivity index (χ4n) is 2.87. The second-order valence-electron chi connectivity index (χ2n) is 5.29. The van der Waals surface area contributed by atoms with Gasteiger partial charge in [0, 0.05) is 4.88 Å². The smallest absolute Gasteiger partial charge is 0.266 e. The topological polar surface area (TPSA) is 34.9 Å². The highest BCUT2D eigenvalue weighted by Gasteiger charge is 2.21. The lowest BCUT2D eigenvalue weighted by Crippen LogP contribution is -2.18. The zero-order chi connectivity index (χ0) is 13.7. The molecule has 0 bridgehead atoms. The molecular formula is C16H14N2OS. The highest BCUT2D eigenvalue weighted by atomic mass is 32.1. The first-order valence-electron chi connectivity index (χ1n) is 6.83. The molecule has 2 aromatic heterocycles. The summed E-state index contributed by atoms with van der Waals surface area (Å²) in [7, 11) is 0. The summed E-state index contributed by atoms with van der Waals surface area (Å²) in [4.78, 5) is 19.5. The molecule has 4 rings (SSSR count). The van der Waals surface area contributed by atoms with Crippen LogP contribution < -0.4 is 5.56 Å². The second-order valence-corrected chi connectivity index (χ2v) is 6.38. The molecule has 0 saturated carbocycles.